The first-order valence-corrected chi connectivity index (χ1v) is 7.08. The molecule has 0 heterocycles. The molecule has 0 saturated carbocycles. The van der Waals surface area contributed by atoms with Crippen LogP contribution in [-0.2, 0) is 6.42 Å². The van der Waals surface area contributed by atoms with Crippen LogP contribution in [0.4, 0.5) is 0 Å². The minimum absolute atomic E-state index is 0.756. The van der Waals surface area contributed by atoms with E-state index < -0.39 is 0 Å². The molecule has 0 saturated heterocycles. The molecule has 0 aliphatic heterocycles. The zero-order valence-corrected chi connectivity index (χ0v) is 12.2. The molecule has 0 aliphatic carbocycles. The van der Waals surface area contributed by atoms with E-state index >= 15 is 0 Å². The molecule has 1 aromatic rings. The molecule has 0 atom stereocenters. The summed E-state index contributed by atoms with van der Waals surface area (Å²) < 4.78 is 0. The Balaban J connectivity index is 2.63. The van der Waals surface area contributed by atoms with Crippen molar-refractivity contribution in [2.45, 2.75) is 13.3 Å². The Kier molecular flexibility index (Phi) is 6.75. The summed E-state index contributed by atoms with van der Waals surface area (Å²) >= 11 is 1.62. The van der Waals surface area contributed by atoms with E-state index in [9.17, 15) is 0 Å². The number of nitrogens with one attached hydrogen (secondary N) is 1. The quantitative estimate of drug-likeness (QED) is 0.331. The van der Waals surface area contributed by atoms with Crippen molar-refractivity contribution in [3.05, 3.63) is 65.7 Å². The lowest BCUT2D eigenvalue weighted by atomic mass is 9.99. The fraction of sp³-hybridized carbons (Fsp3) is 0.188. The smallest absolute Gasteiger partial charge is 0.0651 e. The van der Waals surface area contributed by atoms with Gasteiger partial charge in [0.05, 0.1) is 5.88 Å². The molecule has 0 fully saturated rings. The van der Waals surface area contributed by atoms with Crippen molar-refractivity contribution in [1.29, 1.82) is 0 Å². The van der Waals surface area contributed by atoms with Crippen LogP contribution < -0.4 is 5.32 Å². The summed E-state index contributed by atoms with van der Waals surface area (Å²) in [6.45, 7) is 13.5. The molecule has 1 aromatic carbocycles. The number of aliphatic imine (C=N–C) groups is 1. The lowest BCUT2D eigenvalue weighted by Gasteiger charge is -2.13. The summed E-state index contributed by atoms with van der Waals surface area (Å²) in [6.07, 6.45) is 2.55. The van der Waals surface area contributed by atoms with Crippen LogP contribution >= 0.6 is 11.8 Å². The van der Waals surface area contributed by atoms with Crippen molar-refractivity contribution in [3.8, 4) is 0 Å². The summed E-state index contributed by atoms with van der Waals surface area (Å²) in [5.41, 5.74) is 4.48. The highest BCUT2D eigenvalue weighted by atomic mass is 32.2. The van der Waals surface area contributed by atoms with Crippen LogP contribution in [0.5, 0.6) is 0 Å². The minimum Gasteiger partial charge on any atom is -0.376 e. The Hall–Kier alpha value is -1.74. The lowest BCUT2D eigenvalue weighted by Crippen LogP contribution is -2.11. The fourth-order valence-electron chi connectivity index (χ4n) is 1.65. The second-order valence-corrected chi connectivity index (χ2v) is 5.12. The van der Waals surface area contributed by atoms with Gasteiger partial charge >= 0.3 is 0 Å². The van der Waals surface area contributed by atoms with E-state index in [4.69, 9.17) is 0 Å². The van der Waals surface area contributed by atoms with Gasteiger partial charge in [-0.25, -0.2) is 0 Å². The molecule has 0 unspecified atom stereocenters. The van der Waals surface area contributed by atoms with Crippen molar-refractivity contribution in [3.63, 3.8) is 0 Å². The molecule has 19 heavy (non-hydrogen) atoms. The lowest BCUT2D eigenvalue weighted by molar-refractivity contribution is 1.07. The monoisotopic (exact) mass is 272 g/mol. The summed E-state index contributed by atoms with van der Waals surface area (Å²) in [4.78, 5) is 3.65. The van der Waals surface area contributed by atoms with Crippen LogP contribution in [0, 0.1) is 0 Å². The Morgan fingerprint density at radius 3 is 2.79 bits per heavy atom. The molecule has 0 amide bonds. The van der Waals surface area contributed by atoms with Gasteiger partial charge < -0.3 is 5.32 Å². The third kappa shape index (κ3) is 5.62. The second kappa shape index (κ2) is 8.38. The van der Waals surface area contributed by atoms with E-state index in [2.05, 4.69) is 42.3 Å². The highest BCUT2D eigenvalue weighted by Crippen LogP contribution is 2.19. The number of thioether (sulfide) groups is 1. The van der Waals surface area contributed by atoms with Gasteiger partial charge in [-0.1, -0.05) is 43.0 Å². The number of hydrogen-bond acceptors (Lipinski definition) is 3. The molecule has 100 valence electrons. The number of rotatable bonds is 8. The van der Waals surface area contributed by atoms with Crippen molar-refractivity contribution < 1.29 is 0 Å². The summed E-state index contributed by atoms with van der Waals surface area (Å²) in [6, 6.07) is 8.27. The van der Waals surface area contributed by atoms with Crippen molar-refractivity contribution in [2.24, 2.45) is 4.99 Å². The Bertz CT molecular complexity index is 489. The number of benzene rings is 1. The maximum absolute atomic E-state index is 4.10. The van der Waals surface area contributed by atoms with E-state index in [1.807, 2.05) is 24.5 Å². The van der Waals surface area contributed by atoms with E-state index in [0.29, 0.717) is 0 Å². The molecular weight excluding hydrogens is 252 g/mol. The zero-order valence-electron chi connectivity index (χ0n) is 11.4. The van der Waals surface area contributed by atoms with Gasteiger partial charge in [0.2, 0.25) is 0 Å². The highest BCUT2D eigenvalue weighted by Gasteiger charge is 2.04. The normalized spacial score (nSPS) is 10.4. The maximum atomic E-state index is 4.10. The summed E-state index contributed by atoms with van der Waals surface area (Å²) in [5, 5.41) is 5.19. The standard InChI is InChI=1S/C16H20N2S/c1-13(2)11-15-7-5-6-8-16(15)14(3)18-12-19-10-9-17-4/h5-10,18H,1,3-4,11-12H2,2H3/b10-9-. The van der Waals surface area contributed by atoms with Crippen molar-refractivity contribution in [2.75, 3.05) is 5.88 Å². The third-order valence-corrected chi connectivity index (χ3v) is 3.09. The van der Waals surface area contributed by atoms with Crippen molar-refractivity contribution in [1.82, 2.24) is 5.32 Å². The molecule has 2 nitrogen and oxygen atoms in total. The maximum Gasteiger partial charge on any atom is 0.0651 e. The average Bonchev–Trinajstić information content (AvgIpc) is 2.38. The van der Waals surface area contributed by atoms with E-state index in [-0.39, 0.29) is 0 Å². The minimum atomic E-state index is 0.756. The molecule has 0 aliphatic rings. The van der Waals surface area contributed by atoms with Gasteiger partial charge in [-0.05, 0) is 31.0 Å². The summed E-state index contributed by atoms with van der Waals surface area (Å²) in [5.74, 6) is 0.756. The van der Waals surface area contributed by atoms with Gasteiger partial charge in [-0.15, -0.1) is 11.8 Å². The van der Waals surface area contributed by atoms with Gasteiger partial charge in [0.25, 0.3) is 0 Å². The molecule has 1 rings (SSSR count). The van der Waals surface area contributed by atoms with Crippen LogP contribution in [0.15, 0.2) is 59.6 Å². The first-order valence-electron chi connectivity index (χ1n) is 6.03. The van der Waals surface area contributed by atoms with E-state index in [0.717, 1.165) is 29.1 Å². The number of nitrogens with zero attached hydrogens (tertiary/aromatic N) is 1. The fourth-order valence-corrected chi connectivity index (χ4v) is 2.18. The highest BCUT2D eigenvalue weighted by molar-refractivity contribution is 8.02. The zero-order chi connectivity index (χ0) is 14.1. The predicted octanol–water partition coefficient (Wildman–Crippen LogP) is 4.23. The second-order valence-electron chi connectivity index (χ2n) is 4.23. The largest absolute Gasteiger partial charge is 0.376 e. The van der Waals surface area contributed by atoms with Gasteiger partial charge in [-0.2, -0.15) is 0 Å². The van der Waals surface area contributed by atoms with Crippen LogP contribution in [-0.4, -0.2) is 12.6 Å². The summed E-state index contributed by atoms with van der Waals surface area (Å²) in [7, 11) is 0. The molecule has 1 N–H and O–H groups in total. The molecular formula is C16H20N2S. The van der Waals surface area contributed by atoms with Gasteiger partial charge in [-0.3, -0.25) is 4.99 Å². The average molecular weight is 272 g/mol. The van der Waals surface area contributed by atoms with Crippen LogP contribution in [0.3, 0.4) is 0 Å². The molecule has 0 aromatic heterocycles. The van der Waals surface area contributed by atoms with E-state index in [1.54, 1.807) is 18.0 Å². The van der Waals surface area contributed by atoms with Gasteiger partial charge in [0.1, 0.15) is 0 Å². The topological polar surface area (TPSA) is 24.4 Å². The first kappa shape index (κ1) is 15.3. The van der Waals surface area contributed by atoms with Gasteiger partial charge in [0.15, 0.2) is 0 Å². The van der Waals surface area contributed by atoms with E-state index in [1.165, 1.54) is 5.56 Å². The molecule has 0 bridgehead atoms. The van der Waals surface area contributed by atoms with Crippen LogP contribution in [0.1, 0.15) is 18.1 Å². The third-order valence-electron chi connectivity index (χ3n) is 2.47. The SMILES string of the molecule is C=N/C=C\SCNC(=C)c1ccccc1CC(=C)C. The molecule has 0 spiro atoms. The number of allylic oxidation sites excluding steroid dienone is 1. The van der Waals surface area contributed by atoms with Crippen LogP contribution in [0.2, 0.25) is 0 Å². The Labute approximate surface area is 120 Å². The van der Waals surface area contributed by atoms with Crippen molar-refractivity contribution >= 4 is 24.2 Å². The Morgan fingerprint density at radius 1 is 1.37 bits per heavy atom. The van der Waals surface area contributed by atoms with Gasteiger partial charge in [0, 0.05) is 17.5 Å². The Morgan fingerprint density at radius 2 is 2.11 bits per heavy atom. The first-order chi connectivity index (χ1) is 9.15. The predicted molar refractivity (Wildman–Crippen MR) is 88.3 cm³/mol. The molecule has 3 heteroatoms. The van der Waals surface area contributed by atoms with Crippen LogP contribution in [0.25, 0.3) is 5.70 Å². The molecule has 0 radical (unpaired) electrons. The number of hydrogen-bond donors (Lipinski definition) is 1.